The largest absolute Gasteiger partial charge is 0.508 e. The highest BCUT2D eigenvalue weighted by Gasteiger charge is 2.35. The van der Waals surface area contributed by atoms with Gasteiger partial charge in [0, 0.05) is 36.2 Å². The van der Waals surface area contributed by atoms with Crippen molar-refractivity contribution in [3.05, 3.63) is 47.7 Å². The Labute approximate surface area is 212 Å². The molecule has 1 aliphatic heterocycles. The molecule has 4 aromatic rings. The first-order chi connectivity index (χ1) is 17.6. The summed E-state index contributed by atoms with van der Waals surface area (Å²) < 4.78 is 36.3. The van der Waals surface area contributed by atoms with Crippen molar-refractivity contribution in [1.82, 2.24) is 15.0 Å². The standard InChI is InChI=1S/C28H26F2N4O3/c1-5-18-21(29)8-7-15-11-17(35)12-19(22(15)18)24-23(30)25-20(13-31-24)26(33-27(32-25)37-6-2)34-10-9-16(14-34)28(3,4)36/h1,7-8,11-13,16,35-36H,6,9-10,14H2,2-4H3. The number of ether oxygens (including phenoxy) is 1. The molecule has 0 spiro atoms. The lowest BCUT2D eigenvalue weighted by molar-refractivity contribution is 0.0263. The van der Waals surface area contributed by atoms with Crippen LogP contribution in [0, 0.1) is 29.9 Å². The van der Waals surface area contributed by atoms with Gasteiger partial charge in [-0.3, -0.25) is 4.98 Å². The zero-order chi connectivity index (χ0) is 26.5. The number of aliphatic hydroxyl groups is 1. The monoisotopic (exact) mass is 504 g/mol. The average molecular weight is 505 g/mol. The lowest BCUT2D eigenvalue weighted by Crippen LogP contribution is -2.33. The predicted molar refractivity (Wildman–Crippen MR) is 138 cm³/mol. The van der Waals surface area contributed by atoms with E-state index in [0.717, 1.165) is 6.42 Å². The molecule has 1 unspecified atom stereocenters. The van der Waals surface area contributed by atoms with Crippen LogP contribution < -0.4 is 9.64 Å². The highest BCUT2D eigenvalue weighted by atomic mass is 19.1. The van der Waals surface area contributed by atoms with E-state index in [2.05, 4.69) is 20.9 Å². The molecule has 37 heavy (non-hydrogen) atoms. The van der Waals surface area contributed by atoms with Gasteiger partial charge in [0.25, 0.3) is 0 Å². The van der Waals surface area contributed by atoms with E-state index in [1.165, 1.54) is 30.5 Å². The molecule has 0 bridgehead atoms. The minimum absolute atomic E-state index is 0.000812. The molecular formula is C28H26F2N4O3. The maximum Gasteiger partial charge on any atom is 0.319 e. The van der Waals surface area contributed by atoms with Gasteiger partial charge in [0.2, 0.25) is 0 Å². The second-order valence-electron chi connectivity index (χ2n) is 9.69. The van der Waals surface area contributed by atoms with Gasteiger partial charge in [0.15, 0.2) is 5.82 Å². The van der Waals surface area contributed by atoms with Gasteiger partial charge in [-0.05, 0) is 50.8 Å². The second-order valence-corrected chi connectivity index (χ2v) is 9.69. The number of phenolic OH excluding ortho intramolecular Hbond substituents is 1. The highest BCUT2D eigenvalue weighted by molar-refractivity contribution is 6.03. The number of halogens is 2. The van der Waals surface area contributed by atoms with E-state index in [4.69, 9.17) is 11.2 Å². The van der Waals surface area contributed by atoms with Crippen molar-refractivity contribution >= 4 is 27.5 Å². The summed E-state index contributed by atoms with van der Waals surface area (Å²) in [5, 5.41) is 21.9. The predicted octanol–water partition coefficient (Wildman–Crippen LogP) is 4.81. The van der Waals surface area contributed by atoms with Gasteiger partial charge in [-0.25, -0.2) is 8.78 Å². The number of aromatic nitrogens is 3. The topological polar surface area (TPSA) is 91.6 Å². The lowest BCUT2D eigenvalue weighted by atomic mass is 9.90. The number of aromatic hydroxyl groups is 1. The van der Waals surface area contributed by atoms with E-state index in [1.807, 2.05) is 4.90 Å². The zero-order valence-corrected chi connectivity index (χ0v) is 20.7. The van der Waals surface area contributed by atoms with Crippen molar-refractivity contribution in [3.8, 4) is 35.4 Å². The number of pyridine rings is 1. The Hall–Kier alpha value is -4.03. The van der Waals surface area contributed by atoms with Gasteiger partial charge in [0.1, 0.15) is 28.6 Å². The van der Waals surface area contributed by atoms with Crippen LogP contribution in [0.25, 0.3) is 32.9 Å². The number of benzene rings is 2. The fourth-order valence-corrected chi connectivity index (χ4v) is 4.93. The maximum atomic E-state index is 16.2. The number of terminal acetylenes is 1. The second kappa shape index (κ2) is 9.12. The number of hydrogen-bond acceptors (Lipinski definition) is 7. The third-order valence-corrected chi connectivity index (χ3v) is 6.85. The van der Waals surface area contributed by atoms with Gasteiger partial charge >= 0.3 is 6.01 Å². The van der Waals surface area contributed by atoms with Crippen LogP contribution >= 0.6 is 0 Å². The number of rotatable bonds is 5. The molecule has 7 nitrogen and oxygen atoms in total. The summed E-state index contributed by atoms with van der Waals surface area (Å²) in [6.45, 7) is 6.72. The van der Waals surface area contributed by atoms with E-state index in [0.29, 0.717) is 29.7 Å². The Bertz CT molecular complexity index is 1580. The van der Waals surface area contributed by atoms with Crippen LogP contribution in [0.1, 0.15) is 32.8 Å². The van der Waals surface area contributed by atoms with Crippen LogP contribution in [0.4, 0.5) is 14.6 Å². The first kappa shape index (κ1) is 24.7. The van der Waals surface area contributed by atoms with Crippen LogP contribution in [0.15, 0.2) is 30.5 Å². The summed E-state index contributed by atoms with van der Waals surface area (Å²) in [5.74, 6) is 1.22. The molecular weight excluding hydrogens is 478 g/mol. The zero-order valence-electron chi connectivity index (χ0n) is 20.7. The third-order valence-electron chi connectivity index (χ3n) is 6.85. The van der Waals surface area contributed by atoms with Gasteiger partial charge < -0.3 is 19.8 Å². The molecule has 190 valence electrons. The highest BCUT2D eigenvalue weighted by Crippen LogP contribution is 2.39. The van der Waals surface area contributed by atoms with Crippen molar-refractivity contribution in [2.75, 3.05) is 24.6 Å². The van der Waals surface area contributed by atoms with Gasteiger partial charge in [-0.1, -0.05) is 12.0 Å². The van der Waals surface area contributed by atoms with Crippen molar-refractivity contribution in [3.63, 3.8) is 0 Å². The van der Waals surface area contributed by atoms with E-state index >= 15 is 4.39 Å². The van der Waals surface area contributed by atoms with Gasteiger partial charge in [0.05, 0.1) is 23.2 Å². The summed E-state index contributed by atoms with van der Waals surface area (Å²) in [5.41, 5.74) is -0.957. The Morgan fingerprint density at radius 1 is 1.24 bits per heavy atom. The molecule has 1 aliphatic rings. The fourth-order valence-electron chi connectivity index (χ4n) is 4.93. The maximum absolute atomic E-state index is 16.2. The van der Waals surface area contributed by atoms with E-state index < -0.39 is 17.2 Å². The van der Waals surface area contributed by atoms with Crippen LogP contribution in [0.5, 0.6) is 11.8 Å². The molecule has 0 amide bonds. The number of nitrogens with zero attached hydrogens (tertiary/aromatic N) is 4. The minimum Gasteiger partial charge on any atom is -0.508 e. The molecule has 2 aromatic heterocycles. The third kappa shape index (κ3) is 4.27. The summed E-state index contributed by atoms with van der Waals surface area (Å²) in [4.78, 5) is 15.2. The number of anilines is 1. The molecule has 0 saturated carbocycles. The van der Waals surface area contributed by atoms with Crippen molar-refractivity contribution in [1.29, 1.82) is 0 Å². The van der Waals surface area contributed by atoms with Gasteiger partial charge in [-0.2, -0.15) is 9.97 Å². The summed E-state index contributed by atoms with van der Waals surface area (Å²) in [6, 6.07) is 5.41. The molecule has 0 radical (unpaired) electrons. The smallest absolute Gasteiger partial charge is 0.319 e. The van der Waals surface area contributed by atoms with Gasteiger partial charge in [-0.15, -0.1) is 6.42 Å². The Morgan fingerprint density at radius 3 is 2.70 bits per heavy atom. The van der Waals surface area contributed by atoms with Crippen LogP contribution in [-0.4, -0.2) is 50.5 Å². The minimum atomic E-state index is -0.878. The molecule has 1 atom stereocenters. The van der Waals surface area contributed by atoms with E-state index in [9.17, 15) is 14.6 Å². The van der Waals surface area contributed by atoms with Crippen molar-refractivity contribution in [2.45, 2.75) is 32.8 Å². The van der Waals surface area contributed by atoms with Crippen molar-refractivity contribution in [2.24, 2.45) is 5.92 Å². The molecule has 2 aromatic carbocycles. The van der Waals surface area contributed by atoms with Crippen LogP contribution in [0.3, 0.4) is 0 Å². The fraction of sp³-hybridized carbons (Fsp3) is 0.321. The molecule has 3 heterocycles. The number of hydrogen-bond donors (Lipinski definition) is 2. The number of phenols is 1. The average Bonchev–Trinajstić information content (AvgIpc) is 3.35. The molecule has 5 rings (SSSR count). The summed E-state index contributed by atoms with van der Waals surface area (Å²) in [7, 11) is 0. The number of fused-ring (bicyclic) bond motifs is 2. The molecule has 1 saturated heterocycles. The molecule has 0 aliphatic carbocycles. The van der Waals surface area contributed by atoms with Crippen molar-refractivity contribution < 1.29 is 23.7 Å². The lowest BCUT2D eigenvalue weighted by Gasteiger charge is -2.26. The summed E-state index contributed by atoms with van der Waals surface area (Å²) >= 11 is 0. The van der Waals surface area contributed by atoms with E-state index in [1.54, 1.807) is 20.8 Å². The summed E-state index contributed by atoms with van der Waals surface area (Å²) in [6.07, 6.45) is 7.79. The SMILES string of the molecule is C#Cc1c(F)ccc2cc(O)cc(-c3ncc4c(N5CCC(C(C)(C)O)C5)nc(OCC)nc4c3F)c12. The Morgan fingerprint density at radius 2 is 2.03 bits per heavy atom. The first-order valence-electron chi connectivity index (χ1n) is 12.0. The Balaban J connectivity index is 1.74. The van der Waals surface area contributed by atoms with E-state index in [-0.39, 0.29) is 52.0 Å². The molecule has 1 fully saturated rings. The Kier molecular flexibility index (Phi) is 6.08. The van der Waals surface area contributed by atoms with Crippen LogP contribution in [0.2, 0.25) is 0 Å². The normalized spacial score (nSPS) is 15.9. The molecule has 2 N–H and O–H groups in total. The van der Waals surface area contributed by atoms with Crippen LogP contribution in [-0.2, 0) is 0 Å². The molecule has 9 heteroatoms. The quantitative estimate of drug-likeness (QED) is 0.377. The first-order valence-corrected chi connectivity index (χ1v) is 12.0.